The standard InChI is InChI=1S/C16H26N4O/c1-2-8-20-15(6-7-17-20)16(21)19-10-3-9-18(11-12-19)13-14-4-5-14/h6-7,14H,2-5,8-13H2,1H3. The number of aromatic nitrogens is 2. The molecule has 5 heteroatoms. The van der Waals surface area contributed by atoms with Gasteiger partial charge in [0.1, 0.15) is 5.69 Å². The molecule has 2 aliphatic rings. The first-order valence-electron chi connectivity index (χ1n) is 8.31. The Morgan fingerprint density at radius 3 is 2.90 bits per heavy atom. The van der Waals surface area contributed by atoms with E-state index in [2.05, 4.69) is 16.9 Å². The third-order valence-electron chi connectivity index (χ3n) is 4.46. The van der Waals surface area contributed by atoms with Gasteiger partial charge in [0.2, 0.25) is 0 Å². The van der Waals surface area contributed by atoms with E-state index in [1.807, 2.05) is 15.6 Å². The van der Waals surface area contributed by atoms with Crippen LogP contribution in [-0.2, 0) is 6.54 Å². The highest BCUT2D eigenvalue weighted by atomic mass is 16.2. The molecule has 0 N–H and O–H groups in total. The van der Waals surface area contributed by atoms with Gasteiger partial charge in [-0.3, -0.25) is 9.48 Å². The summed E-state index contributed by atoms with van der Waals surface area (Å²) in [4.78, 5) is 17.2. The number of hydrogen-bond donors (Lipinski definition) is 0. The molecule has 1 aromatic rings. The summed E-state index contributed by atoms with van der Waals surface area (Å²) < 4.78 is 1.84. The van der Waals surface area contributed by atoms with Crippen molar-refractivity contribution in [3.63, 3.8) is 0 Å². The number of amides is 1. The predicted octanol–water partition coefficient (Wildman–Crippen LogP) is 1.85. The Bertz CT molecular complexity index is 480. The molecular weight excluding hydrogens is 264 g/mol. The summed E-state index contributed by atoms with van der Waals surface area (Å²) in [5.41, 5.74) is 0.743. The minimum Gasteiger partial charge on any atom is -0.336 e. The van der Waals surface area contributed by atoms with Crippen molar-refractivity contribution in [3.05, 3.63) is 18.0 Å². The van der Waals surface area contributed by atoms with Crippen LogP contribution in [0.5, 0.6) is 0 Å². The van der Waals surface area contributed by atoms with Crippen molar-refractivity contribution < 1.29 is 4.79 Å². The number of rotatable bonds is 5. The summed E-state index contributed by atoms with van der Waals surface area (Å²) in [6, 6.07) is 1.85. The molecule has 0 radical (unpaired) electrons. The highest BCUT2D eigenvalue weighted by molar-refractivity contribution is 5.92. The molecule has 1 aliphatic carbocycles. The quantitative estimate of drug-likeness (QED) is 0.831. The van der Waals surface area contributed by atoms with E-state index >= 15 is 0 Å². The number of nitrogens with zero attached hydrogens (tertiary/aromatic N) is 4. The van der Waals surface area contributed by atoms with Crippen molar-refractivity contribution in [1.29, 1.82) is 0 Å². The van der Waals surface area contributed by atoms with E-state index in [0.29, 0.717) is 0 Å². The fourth-order valence-corrected chi connectivity index (χ4v) is 3.09. The zero-order valence-corrected chi connectivity index (χ0v) is 13.0. The van der Waals surface area contributed by atoms with Crippen molar-refractivity contribution in [2.75, 3.05) is 32.7 Å². The molecule has 0 atom stereocenters. The lowest BCUT2D eigenvalue weighted by atomic mass is 10.3. The van der Waals surface area contributed by atoms with E-state index in [1.165, 1.54) is 19.4 Å². The number of aryl methyl sites for hydroxylation is 1. The molecule has 0 bridgehead atoms. The minimum atomic E-state index is 0.147. The Labute approximate surface area is 126 Å². The van der Waals surface area contributed by atoms with Gasteiger partial charge in [0, 0.05) is 38.9 Å². The van der Waals surface area contributed by atoms with Gasteiger partial charge in [0.15, 0.2) is 0 Å². The smallest absolute Gasteiger partial charge is 0.272 e. The average molecular weight is 290 g/mol. The maximum atomic E-state index is 12.7. The number of carbonyl (C=O) groups excluding carboxylic acids is 1. The van der Waals surface area contributed by atoms with E-state index in [1.54, 1.807) is 6.20 Å². The summed E-state index contributed by atoms with van der Waals surface area (Å²) in [5.74, 6) is 1.08. The second-order valence-electron chi connectivity index (χ2n) is 6.33. The van der Waals surface area contributed by atoms with Gasteiger partial charge < -0.3 is 9.80 Å². The summed E-state index contributed by atoms with van der Waals surface area (Å²) >= 11 is 0. The Balaban J connectivity index is 1.60. The largest absolute Gasteiger partial charge is 0.336 e. The first kappa shape index (κ1) is 14.6. The van der Waals surface area contributed by atoms with Crippen LogP contribution in [0.2, 0.25) is 0 Å². The second-order valence-corrected chi connectivity index (χ2v) is 6.33. The van der Waals surface area contributed by atoms with Crippen LogP contribution in [0.15, 0.2) is 12.3 Å². The summed E-state index contributed by atoms with van der Waals surface area (Å²) in [6.45, 7) is 8.03. The highest BCUT2D eigenvalue weighted by Crippen LogP contribution is 2.29. The van der Waals surface area contributed by atoms with Gasteiger partial charge in [-0.1, -0.05) is 6.92 Å². The number of hydrogen-bond acceptors (Lipinski definition) is 3. The summed E-state index contributed by atoms with van der Waals surface area (Å²) in [6.07, 6.45) is 6.61. The molecule has 1 saturated heterocycles. The van der Waals surface area contributed by atoms with Gasteiger partial charge in [-0.05, 0) is 44.2 Å². The molecule has 116 valence electrons. The van der Waals surface area contributed by atoms with Crippen molar-refractivity contribution in [2.45, 2.75) is 39.2 Å². The molecule has 2 heterocycles. The SMILES string of the molecule is CCCn1nccc1C(=O)N1CCCN(CC2CC2)CC1. The molecule has 3 rings (SSSR count). The normalized spacial score (nSPS) is 20.5. The zero-order valence-electron chi connectivity index (χ0n) is 13.0. The Morgan fingerprint density at radius 2 is 2.14 bits per heavy atom. The Hall–Kier alpha value is -1.36. The number of carbonyl (C=O) groups is 1. The van der Waals surface area contributed by atoms with E-state index in [4.69, 9.17) is 0 Å². The fourth-order valence-electron chi connectivity index (χ4n) is 3.09. The molecule has 1 aliphatic heterocycles. The van der Waals surface area contributed by atoms with Crippen LogP contribution < -0.4 is 0 Å². The van der Waals surface area contributed by atoms with E-state index < -0.39 is 0 Å². The Morgan fingerprint density at radius 1 is 1.29 bits per heavy atom. The molecule has 1 amide bonds. The Kier molecular flexibility index (Phi) is 4.58. The van der Waals surface area contributed by atoms with E-state index in [9.17, 15) is 4.79 Å². The molecule has 21 heavy (non-hydrogen) atoms. The first-order chi connectivity index (χ1) is 10.3. The molecule has 1 aromatic heterocycles. The van der Waals surface area contributed by atoms with Crippen molar-refractivity contribution in [3.8, 4) is 0 Å². The van der Waals surface area contributed by atoms with Crippen molar-refractivity contribution >= 4 is 5.91 Å². The summed E-state index contributed by atoms with van der Waals surface area (Å²) in [7, 11) is 0. The van der Waals surface area contributed by atoms with Crippen LogP contribution in [0.25, 0.3) is 0 Å². The minimum absolute atomic E-state index is 0.147. The van der Waals surface area contributed by atoms with Gasteiger partial charge in [-0.25, -0.2) is 0 Å². The molecule has 2 fully saturated rings. The fraction of sp³-hybridized carbons (Fsp3) is 0.750. The monoisotopic (exact) mass is 290 g/mol. The van der Waals surface area contributed by atoms with Crippen LogP contribution in [0, 0.1) is 5.92 Å². The molecular formula is C16H26N4O. The molecule has 5 nitrogen and oxygen atoms in total. The molecule has 1 saturated carbocycles. The first-order valence-corrected chi connectivity index (χ1v) is 8.31. The van der Waals surface area contributed by atoms with E-state index in [0.717, 1.165) is 57.2 Å². The lowest BCUT2D eigenvalue weighted by Crippen LogP contribution is -2.36. The van der Waals surface area contributed by atoms with Gasteiger partial charge in [0.05, 0.1) is 0 Å². The van der Waals surface area contributed by atoms with Gasteiger partial charge in [-0.15, -0.1) is 0 Å². The molecule has 0 unspecified atom stereocenters. The zero-order chi connectivity index (χ0) is 14.7. The maximum absolute atomic E-state index is 12.7. The van der Waals surface area contributed by atoms with Crippen molar-refractivity contribution in [2.24, 2.45) is 5.92 Å². The third kappa shape index (κ3) is 3.64. The molecule has 0 spiro atoms. The average Bonchev–Trinajstić information content (AvgIpc) is 3.23. The van der Waals surface area contributed by atoms with Crippen LogP contribution in [-0.4, -0.2) is 58.2 Å². The second kappa shape index (κ2) is 6.60. The van der Waals surface area contributed by atoms with Crippen LogP contribution in [0.1, 0.15) is 43.1 Å². The van der Waals surface area contributed by atoms with Gasteiger partial charge in [-0.2, -0.15) is 5.10 Å². The lowest BCUT2D eigenvalue weighted by molar-refractivity contribution is 0.0748. The molecule has 0 aromatic carbocycles. The van der Waals surface area contributed by atoms with Gasteiger partial charge in [0.25, 0.3) is 5.91 Å². The highest BCUT2D eigenvalue weighted by Gasteiger charge is 2.27. The topological polar surface area (TPSA) is 41.4 Å². The third-order valence-corrected chi connectivity index (χ3v) is 4.46. The van der Waals surface area contributed by atoms with Crippen molar-refractivity contribution in [1.82, 2.24) is 19.6 Å². The van der Waals surface area contributed by atoms with Gasteiger partial charge >= 0.3 is 0 Å². The van der Waals surface area contributed by atoms with Crippen LogP contribution >= 0.6 is 0 Å². The van der Waals surface area contributed by atoms with E-state index in [-0.39, 0.29) is 5.91 Å². The maximum Gasteiger partial charge on any atom is 0.272 e. The van der Waals surface area contributed by atoms with Crippen LogP contribution in [0.4, 0.5) is 0 Å². The lowest BCUT2D eigenvalue weighted by Gasteiger charge is -2.22. The summed E-state index contributed by atoms with van der Waals surface area (Å²) in [5, 5.41) is 4.27. The van der Waals surface area contributed by atoms with Crippen LogP contribution in [0.3, 0.4) is 0 Å². The predicted molar refractivity (Wildman–Crippen MR) is 82.2 cm³/mol.